The summed E-state index contributed by atoms with van der Waals surface area (Å²) in [4.78, 5) is 2.25. The maximum atomic E-state index is 5.47. The first kappa shape index (κ1) is 16.8. The van der Waals surface area contributed by atoms with Gasteiger partial charge in [-0.2, -0.15) is 4.52 Å². The maximum Gasteiger partial charge on any atom is 0.201 e. The number of fused-ring (bicyclic) bond motifs is 1. The van der Waals surface area contributed by atoms with Crippen molar-refractivity contribution in [1.29, 1.82) is 0 Å². The molecule has 1 saturated heterocycles. The number of hydrogen-bond acceptors (Lipinski definition) is 6. The molecule has 136 valence electrons. The fraction of sp³-hybridized carbons (Fsp3) is 0.421. The van der Waals surface area contributed by atoms with Crippen LogP contribution in [0.1, 0.15) is 31.2 Å². The van der Waals surface area contributed by atoms with Crippen LogP contribution in [0.5, 0.6) is 0 Å². The topological polar surface area (TPSA) is 67.6 Å². The summed E-state index contributed by atoms with van der Waals surface area (Å²) in [6, 6.07) is 12.4. The number of aromatic nitrogens is 4. The van der Waals surface area contributed by atoms with Crippen molar-refractivity contribution < 1.29 is 4.74 Å². The van der Waals surface area contributed by atoms with Crippen LogP contribution in [0.4, 0.5) is 11.5 Å². The minimum absolute atomic E-state index is 0.249. The second kappa shape index (κ2) is 7.29. The van der Waals surface area contributed by atoms with Gasteiger partial charge in [0.05, 0.1) is 18.9 Å². The Morgan fingerprint density at radius 1 is 1.12 bits per heavy atom. The van der Waals surface area contributed by atoms with Gasteiger partial charge in [-0.25, -0.2) is 0 Å². The number of nitrogens with zero attached hydrogens (tertiary/aromatic N) is 5. The van der Waals surface area contributed by atoms with Crippen LogP contribution in [0.3, 0.4) is 0 Å². The van der Waals surface area contributed by atoms with Gasteiger partial charge in [-0.05, 0) is 5.56 Å². The molecule has 1 fully saturated rings. The van der Waals surface area contributed by atoms with Crippen LogP contribution < -0.4 is 10.2 Å². The van der Waals surface area contributed by atoms with Crippen molar-refractivity contribution in [3.8, 4) is 0 Å². The number of ether oxygens (including phenoxy) is 1. The van der Waals surface area contributed by atoms with E-state index in [4.69, 9.17) is 9.84 Å². The number of rotatable bonds is 5. The SMILES string of the molecule is CC(C)c1nnc2c(NCc3ccccc3)cc(N3CCOCC3)nn12. The van der Waals surface area contributed by atoms with E-state index in [1.165, 1.54) is 5.56 Å². The lowest BCUT2D eigenvalue weighted by Crippen LogP contribution is -2.37. The van der Waals surface area contributed by atoms with E-state index in [0.717, 1.165) is 55.8 Å². The molecule has 0 radical (unpaired) electrons. The van der Waals surface area contributed by atoms with Crippen molar-refractivity contribution in [1.82, 2.24) is 19.8 Å². The van der Waals surface area contributed by atoms with Crippen molar-refractivity contribution in [2.24, 2.45) is 0 Å². The van der Waals surface area contributed by atoms with Gasteiger partial charge in [0.15, 0.2) is 11.6 Å². The third-order valence-corrected chi connectivity index (χ3v) is 4.56. The van der Waals surface area contributed by atoms with Crippen LogP contribution in [0.25, 0.3) is 5.65 Å². The molecule has 1 aliphatic rings. The predicted octanol–water partition coefficient (Wildman–Crippen LogP) is 2.70. The average molecular weight is 352 g/mol. The molecule has 3 aromatic rings. The summed E-state index contributed by atoms with van der Waals surface area (Å²) in [6.07, 6.45) is 0. The molecule has 0 atom stereocenters. The van der Waals surface area contributed by atoms with E-state index in [1.807, 2.05) is 22.7 Å². The summed E-state index contributed by atoms with van der Waals surface area (Å²) < 4.78 is 7.35. The zero-order valence-corrected chi connectivity index (χ0v) is 15.2. The summed E-state index contributed by atoms with van der Waals surface area (Å²) in [5, 5.41) is 17.1. The van der Waals surface area contributed by atoms with Crippen LogP contribution in [0.2, 0.25) is 0 Å². The molecule has 3 heterocycles. The number of anilines is 2. The molecule has 0 amide bonds. The van der Waals surface area contributed by atoms with Crippen LogP contribution in [0, 0.1) is 0 Å². The molecule has 1 N–H and O–H groups in total. The molecule has 0 bridgehead atoms. The van der Waals surface area contributed by atoms with Crippen LogP contribution in [-0.4, -0.2) is 46.1 Å². The monoisotopic (exact) mass is 352 g/mol. The zero-order chi connectivity index (χ0) is 17.9. The van der Waals surface area contributed by atoms with Crippen molar-refractivity contribution in [2.45, 2.75) is 26.3 Å². The molecule has 0 unspecified atom stereocenters. The Bertz CT molecular complexity index is 870. The minimum Gasteiger partial charge on any atom is -0.378 e. The number of nitrogens with one attached hydrogen (secondary N) is 1. The fourth-order valence-electron chi connectivity index (χ4n) is 3.11. The molecule has 4 rings (SSSR count). The third kappa shape index (κ3) is 3.35. The van der Waals surface area contributed by atoms with Crippen molar-refractivity contribution >= 4 is 17.2 Å². The summed E-state index contributed by atoms with van der Waals surface area (Å²) in [5.41, 5.74) is 2.94. The summed E-state index contributed by atoms with van der Waals surface area (Å²) in [5.74, 6) is 2.05. The second-order valence-corrected chi connectivity index (χ2v) is 6.80. The van der Waals surface area contributed by atoms with E-state index < -0.39 is 0 Å². The molecule has 1 aromatic carbocycles. The van der Waals surface area contributed by atoms with Gasteiger partial charge in [0.2, 0.25) is 5.65 Å². The highest BCUT2D eigenvalue weighted by Gasteiger charge is 2.19. The molecule has 0 saturated carbocycles. The summed E-state index contributed by atoms with van der Waals surface area (Å²) >= 11 is 0. The van der Waals surface area contributed by atoms with Gasteiger partial charge in [0.1, 0.15) is 0 Å². The lowest BCUT2D eigenvalue weighted by molar-refractivity contribution is 0.122. The van der Waals surface area contributed by atoms with E-state index in [9.17, 15) is 0 Å². The Balaban J connectivity index is 1.71. The summed E-state index contributed by atoms with van der Waals surface area (Å²) in [7, 11) is 0. The number of benzene rings is 1. The largest absolute Gasteiger partial charge is 0.378 e. The quantitative estimate of drug-likeness (QED) is 0.761. The van der Waals surface area contributed by atoms with E-state index in [0.29, 0.717) is 0 Å². The maximum absolute atomic E-state index is 5.47. The molecule has 0 aliphatic carbocycles. The first-order valence-corrected chi connectivity index (χ1v) is 9.09. The Morgan fingerprint density at radius 3 is 2.62 bits per heavy atom. The van der Waals surface area contributed by atoms with Gasteiger partial charge in [-0.15, -0.1) is 15.3 Å². The van der Waals surface area contributed by atoms with Crippen molar-refractivity contribution in [3.63, 3.8) is 0 Å². The van der Waals surface area contributed by atoms with E-state index in [2.05, 4.69) is 52.5 Å². The normalized spacial score (nSPS) is 15.0. The highest BCUT2D eigenvalue weighted by atomic mass is 16.5. The molecule has 7 nitrogen and oxygen atoms in total. The van der Waals surface area contributed by atoms with E-state index >= 15 is 0 Å². The molecule has 0 spiro atoms. The van der Waals surface area contributed by atoms with Crippen LogP contribution in [-0.2, 0) is 11.3 Å². The Kier molecular flexibility index (Phi) is 4.71. The standard InChI is InChI=1S/C19H24N6O/c1-14(2)18-21-22-19-16(20-13-15-6-4-3-5-7-15)12-17(23-25(18)19)24-8-10-26-11-9-24/h3-7,12,14,20H,8-11,13H2,1-2H3. The molecular weight excluding hydrogens is 328 g/mol. The lowest BCUT2D eigenvalue weighted by atomic mass is 10.2. The zero-order valence-electron chi connectivity index (χ0n) is 15.2. The second-order valence-electron chi connectivity index (χ2n) is 6.80. The highest BCUT2D eigenvalue weighted by molar-refractivity contribution is 5.70. The van der Waals surface area contributed by atoms with Gasteiger partial charge in [0.25, 0.3) is 0 Å². The predicted molar refractivity (Wildman–Crippen MR) is 102 cm³/mol. The molecule has 2 aromatic heterocycles. The number of morpholine rings is 1. The summed E-state index contributed by atoms with van der Waals surface area (Å²) in [6.45, 7) is 8.09. The van der Waals surface area contributed by atoms with Crippen LogP contribution in [0.15, 0.2) is 36.4 Å². The average Bonchev–Trinajstić information content (AvgIpc) is 3.12. The first-order valence-electron chi connectivity index (χ1n) is 9.09. The Hall–Kier alpha value is -2.67. The smallest absolute Gasteiger partial charge is 0.201 e. The van der Waals surface area contributed by atoms with Gasteiger partial charge in [-0.1, -0.05) is 44.2 Å². The van der Waals surface area contributed by atoms with Crippen LogP contribution >= 0.6 is 0 Å². The fourth-order valence-corrected chi connectivity index (χ4v) is 3.11. The van der Waals surface area contributed by atoms with Gasteiger partial charge in [-0.3, -0.25) is 0 Å². The van der Waals surface area contributed by atoms with E-state index in [-0.39, 0.29) is 5.92 Å². The third-order valence-electron chi connectivity index (χ3n) is 4.56. The first-order chi connectivity index (χ1) is 12.7. The Labute approximate surface area is 153 Å². The van der Waals surface area contributed by atoms with Gasteiger partial charge in [0, 0.05) is 31.6 Å². The van der Waals surface area contributed by atoms with Gasteiger partial charge >= 0.3 is 0 Å². The lowest BCUT2D eigenvalue weighted by Gasteiger charge is -2.28. The van der Waals surface area contributed by atoms with Crippen molar-refractivity contribution in [3.05, 3.63) is 47.8 Å². The molecule has 7 heteroatoms. The number of hydrogen-bond donors (Lipinski definition) is 1. The van der Waals surface area contributed by atoms with Gasteiger partial charge < -0.3 is 15.0 Å². The van der Waals surface area contributed by atoms with Crippen molar-refractivity contribution in [2.75, 3.05) is 36.5 Å². The minimum atomic E-state index is 0.249. The molecular formula is C19H24N6O. The molecule has 1 aliphatic heterocycles. The van der Waals surface area contributed by atoms with E-state index in [1.54, 1.807) is 0 Å². The Morgan fingerprint density at radius 2 is 1.88 bits per heavy atom. The highest BCUT2D eigenvalue weighted by Crippen LogP contribution is 2.25. The molecule has 26 heavy (non-hydrogen) atoms.